The molecule has 3 aromatic rings. The van der Waals surface area contributed by atoms with E-state index in [1.165, 1.54) is 62.0 Å². The van der Waals surface area contributed by atoms with Crippen LogP contribution in [0.5, 0.6) is 17.2 Å². The van der Waals surface area contributed by atoms with Crippen molar-refractivity contribution in [1.29, 1.82) is 0 Å². The van der Waals surface area contributed by atoms with Crippen molar-refractivity contribution in [1.82, 2.24) is 0 Å². The third-order valence-corrected chi connectivity index (χ3v) is 8.52. The Bertz CT molecular complexity index is 1360. The fraction of sp³-hybridized carbons (Fsp3) is 0.333. The summed E-state index contributed by atoms with van der Waals surface area (Å²) < 4.78 is 75.3. The smallest absolute Gasteiger partial charge is 0.264 e. The fourth-order valence-electron chi connectivity index (χ4n) is 4.83. The maximum absolute atomic E-state index is 14.6. The molecule has 1 fully saturated rings. The summed E-state index contributed by atoms with van der Waals surface area (Å²) in [6.07, 6.45) is 1.69. The maximum atomic E-state index is 14.6. The van der Waals surface area contributed by atoms with E-state index in [0.29, 0.717) is 24.2 Å². The second-order valence-corrected chi connectivity index (χ2v) is 10.6. The molecule has 0 unspecified atom stereocenters. The van der Waals surface area contributed by atoms with Gasteiger partial charge >= 0.3 is 0 Å². The average molecular weight is 533 g/mol. The van der Waals surface area contributed by atoms with Gasteiger partial charge in [0.25, 0.3) is 10.0 Å². The molecule has 4 rings (SSSR count). The lowest BCUT2D eigenvalue weighted by atomic mass is 10.0. The SMILES string of the molecule is COc1ccc(S(=O)(=O)N(c2c(Cc3c(F)cccc3F)cccc2OC)[C@@H]2CCC[C@@H]2N)cc1OC. The number of hydrogen-bond acceptors (Lipinski definition) is 6. The van der Waals surface area contributed by atoms with E-state index in [0.717, 1.165) is 6.42 Å². The molecule has 3 aromatic carbocycles. The molecule has 2 atom stereocenters. The van der Waals surface area contributed by atoms with E-state index >= 15 is 0 Å². The van der Waals surface area contributed by atoms with E-state index in [2.05, 4.69) is 0 Å². The van der Waals surface area contributed by atoms with Crippen molar-refractivity contribution >= 4 is 15.7 Å². The van der Waals surface area contributed by atoms with Crippen LogP contribution in [-0.4, -0.2) is 41.8 Å². The zero-order valence-electron chi connectivity index (χ0n) is 20.9. The highest BCUT2D eigenvalue weighted by Gasteiger charge is 2.40. The van der Waals surface area contributed by atoms with Gasteiger partial charge in [0.05, 0.1) is 38.0 Å². The molecule has 198 valence electrons. The molecule has 1 aliphatic carbocycles. The topological polar surface area (TPSA) is 91.1 Å². The van der Waals surface area contributed by atoms with Gasteiger partial charge in [-0.1, -0.05) is 18.2 Å². The van der Waals surface area contributed by atoms with Crippen molar-refractivity contribution in [3.63, 3.8) is 0 Å². The minimum Gasteiger partial charge on any atom is -0.495 e. The number of halogens is 2. The van der Waals surface area contributed by atoms with Gasteiger partial charge in [0.15, 0.2) is 11.5 Å². The summed E-state index contributed by atoms with van der Waals surface area (Å²) in [5, 5.41) is 0. The molecule has 37 heavy (non-hydrogen) atoms. The first-order valence-electron chi connectivity index (χ1n) is 11.8. The number of hydrogen-bond donors (Lipinski definition) is 1. The van der Waals surface area contributed by atoms with E-state index < -0.39 is 33.7 Å². The summed E-state index contributed by atoms with van der Waals surface area (Å²) in [7, 11) is 0.0474. The normalized spacial score (nSPS) is 17.5. The Morgan fingerprint density at radius 1 is 0.892 bits per heavy atom. The Morgan fingerprint density at radius 3 is 2.14 bits per heavy atom. The van der Waals surface area contributed by atoms with Crippen molar-refractivity contribution in [2.75, 3.05) is 25.6 Å². The minimum atomic E-state index is -4.25. The van der Waals surface area contributed by atoms with Gasteiger partial charge in [0.1, 0.15) is 17.4 Å². The second kappa shape index (κ2) is 10.9. The van der Waals surface area contributed by atoms with Crippen LogP contribution in [0.15, 0.2) is 59.5 Å². The molecular weight excluding hydrogens is 502 g/mol. The molecule has 10 heteroatoms. The number of para-hydroxylation sites is 1. The Kier molecular flexibility index (Phi) is 7.89. The quantitative estimate of drug-likeness (QED) is 0.431. The van der Waals surface area contributed by atoms with Crippen molar-refractivity contribution < 1.29 is 31.4 Å². The van der Waals surface area contributed by atoms with Gasteiger partial charge in [-0.3, -0.25) is 4.31 Å². The van der Waals surface area contributed by atoms with E-state index in [-0.39, 0.29) is 34.1 Å². The molecule has 0 saturated heterocycles. The van der Waals surface area contributed by atoms with Gasteiger partial charge in [0.2, 0.25) is 0 Å². The third kappa shape index (κ3) is 5.08. The van der Waals surface area contributed by atoms with Gasteiger partial charge < -0.3 is 19.9 Å². The molecule has 2 N–H and O–H groups in total. The molecule has 0 amide bonds. The van der Waals surface area contributed by atoms with Crippen LogP contribution in [0.2, 0.25) is 0 Å². The van der Waals surface area contributed by atoms with E-state index in [9.17, 15) is 17.2 Å². The molecule has 0 bridgehead atoms. The molecule has 0 heterocycles. The van der Waals surface area contributed by atoms with Crippen molar-refractivity contribution in [2.24, 2.45) is 5.73 Å². The second-order valence-electron chi connectivity index (χ2n) is 8.82. The molecule has 1 saturated carbocycles. The predicted molar refractivity (Wildman–Crippen MR) is 137 cm³/mol. The van der Waals surface area contributed by atoms with Gasteiger partial charge in [-0.25, -0.2) is 17.2 Å². The number of benzene rings is 3. The van der Waals surface area contributed by atoms with Gasteiger partial charge in [-0.15, -0.1) is 0 Å². The summed E-state index contributed by atoms with van der Waals surface area (Å²) >= 11 is 0. The van der Waals surface area contributed by atoms with Crippen LogP contribution in [0.1, 0.15) is 30.4 Å². The monoisotopic (exact) mass is 532 g/mol. The number of sulfonamides is 1. The number of nitrogens with two attached hydrogens (primary N) is 1. The summed E-state index contributed by atoms with van der Waals surface area (Å²) in [5.74, 6) is -0.579. The van der Waals surface area contributed by atoms with E-state index in [4.69, 9.17) is 19.9 Å². The van der Waals surface area contributed by atoms with Crippen LogP contribution in [0.4, 0.5) is 14.5 Å². The molecule has 0 aliphatic heterocycles. The van der Waals surface area contributed by atoms with Crippen LogP contribution >= 0.6 is 0 Å². The lowest BCUT2D eigenvalue weighted by Crippen LogP contribution is -2.48. The zero-order chi connectivity index (χ0) is 26.7. The molecule has 0 spiro atoms. The Labute approximate surface area is 215 Å². The summed E-state index contributed by atoms with van der Waals surface area (Å²) in [4.78, 5) is -0.0434. The highest BCUT2D eigenvalue weighted by atomic mass is 32.2. The van der Waals surface area contributed by atoms with E-state index in [1.807, 2.05) is 0 Å². The molecule has 0 radical (unpaired) electrons. The predicted octanol–water partition coefficient (Wildman–Crippen LogP) is 4.66. The number of nitrogens with zero attached hydrogens (tertiary/aromatic N) is 1. The number of rotatable bonds is 9. The summed E-state index contributed by atoms with van der Waals surface area (Å²) in [5.41, 5.74) is 6.83. The van der Waals surface area contributed by atoms with Crippen LogP contribution in [-0.2, 0) is 16.4 Å². The Morgan fingerprint density at radius 2 is 1.54 bits per heavy atom. The third-order valence-electron chi connectivity index (χ3n) is 6.70. The van der Waals surface area contributed by atoms with Gasteiger partial charge in [-0.05, 0) is 55.2 Å². The molecular formula is C27H30F2N2O5S. The highest BCUT2D eigenvalue weighted by Crippen LogP contribution is 2.42. The fourth-order valence-corrected chi connectivity index (χ4v) is 6.62. The first-order valence-corrected chi connectivity index (χ1v) is 13.3. The van der Waals surface area contributed by atoms with Crippen molar-refractivity contribution in [3.8, 4) is 17.2 Å². The number of methoxy groups -OCH3 is 3. The zero-order valence-corrected chi connectivity index (χ0v) is 21.7. The highest BCUT2D eigenvalue weighted by molar-refractivity contribution is 7.92. The Hall–Kier alpha value is -3.37. The standard InChI is InChI=1S/C27H30F2N2O5S/c1-34-24-14-13-18(16-26(24)36-3)37(32,33)31(23-11-6-10-22(23)30)27-17(7-4-12-25(27)35-2)15-19-20(28)8-5-9-21(19)29/h4-5,7-9,12-14,16,22-23H,6,10-11,15,30H2,1-3H3/t22-,23+/m0/s1. The van der Waals surface area contributed by atoms with Crippen LogP contribution in [0, 0.1) is 11.6 Å². The Balaban J connectivity index is 1.95. The molecule has 0 aromatic heterocycles. The largest absolute Gasteiger partial charge is 0.495 e. The lowest BCUT2D eigenvalue weighted by Gasteiger charge is -2.35. The van der Waals surface area contributed by atoms with E-state index in [1.54, 1.807) is 18.2 Å². The minimum absolute atomic E-state index is 0.0434. The summed E-state index contributed by atoms with van der Waals surface area (Å²) in [6.45, 7) is 0. The van der Waals surface area contributed by atoms with Gasteiger partial charge in [-0.2, -0.15) is 0 Å². The number of anilines is 1. The first-order chi connectivity index (χ1) is 17.7. The van der Waals surface area contributed by atoms with Crippen molar-refractivity contribution in [2.45, 2.75) is 42.7 Å². The average Bonchev–Trinajstić information content (AvgIpc) is 3.31. The molecule has 7 nitrogen and oxygen atoms in total. The number of ether oxygens (including phenoxy) is 3. The maximum Gasteiger partial charge on any atom is 0.264 e. The van der Waals surface area contributed by atoms with Crippen LogP contribution in [0.3, 0.4) is 0 Å². The first kappa shape index (κ1) is 26.7. The molecule has 1 aliphatic rings. The van der Waals surface area contributed by atoms with Crippen molar-refractivity contribution in [3.05, 3.63) is 77.4 Å². The summed E-state index contributed by atoms with van der Waals surface area (Å²) in [6, 6.07) is 11.8. The van der Waals surface area contributed by atoms with Crippen LogP contribution < -0.4 is 24.2 Å². The van der Waals surface area contributed by atoms with Crippen LogP contribution in [0.25, 0.3) is 0 Å². The lowest BCUT2D eigenvalue weighted by molar-refractivity contribution is 0.354. The van der Waals surface area contributed by atoms with Gasteiger partial charge in [0, 0.05) is 24.1 Å².